The summed E-state index contributed by atoms with van der Waals surface area (Å²) in [6, 6.07) is -0.387. The number of aryl methyl sites for hydroxylation is 2. The number of nitrogens with two attached hydrogens (primary N) is 1. The van der Waals surface area contributed by atoms with Crippen LogP contribution in [0, 0.1) is 0 Å². The summed E-state index contributed by atoms with van der Waals surface area (Å²) in [6.07, 6.45) is 5.16. The topological polar surface area (TPSA) is 82.8 Å². The smallest absolute Gasteiger partial charge is 0.226 e. The Morgan fingerprint density at radius 1 is 1.56 bits per heavy atom. The van der Waals surface area contributed by atoms with Gasteiger partial charge < -0.3 is 14.8 Å². The average molecular weight is 221 g/mol. The summed E-state index contributed by atoms with van der Waals surface area (Å²) in [5.41, 5.74) is 6.89. The van der Waals surface area contributed by atoms with Crippen LogP contribution in [0.5, 0.6) is 0 Å². The summed E-state index contributed by atoms with van der Waals surface area (Å²) in [6.45, 7) is 2.06. The third-order valence-corrected chi connectivity index (χ3v) is 2.40. The molecule has 0 aliphatic rings. The van der Waals surface area contributed by atoms with Gasteiger partial charge in [-0.3, -0.25) is 0 Å². The predicted molar refractivity (Wildman–Crippen MR) is 57.5 cm³/mol. The van der Waals surface area contributed by atoms with Crippen LogP contribution in [0.3, 0.4) is 0 Å². The van der Waals surface area contributed by atoms with E-state index in [-0.39, 0.29) is 6.04 Å². The predicted octanol–water partition coefficient (Wildman–Crippen LogP) is 0.804. The fourth-order valence-electron chi connectivity index (χ4n) is 1.51. The maximum Gasteiger partial charge on any atom is 0.226 e. The molecular weight excluding hydrogens is 206 g/mol. The molecule has 0 radical (unpaired) electrons. The van der Waals surface area contributed by atoms with Crippen molar-refractivity contribution in [2.24, 2.45) is 12.8 Å². The second-order valence-corrected chi connectivity index (χ2v) is 3.70. The van der Waals surface area contributed by atoms with Gasteiger partial charge in [-0.15, -0.1) is 0 Å². The Labute approximate surface area is 93.5 Å². The molecule has 2 aromatic heterocycles. The molecule has 6 nitrogen and oxygen atoms in total. The minimum Gasteiger partial charge on any atom is -0.339 e. The first-order valence-electron chi connectivity index (χ1n) is 5.26. The van der Waals surface area contributed by atoms with Crippen LogP contribution < -0.4 is 5.73 Å². The Morgan fingerprint density at radius 3 is 3.00 bits per heavy atom. The quantitative estimate of drug-likeness (QED) is 0.825. The first-order chi connectivity index (χ1) is 7.72. The third-order valence-electron chi connectivity index (χ3n) is 2.40. The highest BCUT2D eigenvalue weighted by atomic mass is 16.5. The monoisotopic (exact) mass is 221 g/mol. The fraction of sp³-hybridized carbons (Fsp3) is 0.500. The summed E-state index contributed by atoms with van der Waals surface area (Å²) in [5, 5.41) is 3.88. The van der Waals surface area contributed by atoms with Gasteiger partial charge in [-0.2, -0.15) is 4.98 Å². The lowest BCUT2D eigenvalue weighted by atomic mass is 10.2. The Balaban J connectivity index is 2.20. The molecule has 2 rings (SSSR count). The highest BCUT2D eigenvalue weighted by molar-refractivity contribution is 5.13. The molecule has 1 atom stereocenters. The molecule has 16 heavy (non-hydrogen) atoms. The van der Waals surface area contributed by atoms with Crippen molar-refractivity contribution in [1.82, 2.24) is 19.7 Å². The van der Waals surface area contributed by atoms with Crippen LogP contribution >= 0.6 is 0 Å². The van der Waals surface area contributed by atoms with Crippen LogP contribution in [0.25, 0.3) is 0 Å². The van der Waals surface area contributed by atoms with E-state index in [1.807, 2.05) is 11.6 Å². The molecule has 2 aromatic rings. The van der Waals surface area contributed by atoms with E-state index in [0.717, 1.165) is 18.5 Å². The summed E-state index contributed by atoms with van der Waals surface area (Å²) in [5.74, 6) is 1.14. The van der Waals surface area contributed by atoms with Crippen molar-refractivity contribution in [2.45, 2.75) is 25.8 Å². The molecule has 0 saturated heterocycles. The molecule has 0 amide bonds. The first-order valence-corrected chi connectivity index (χ1v) is 5.26. The molecule has 0 aliphatic heterocycles. The lowest BCUT2D eigenvalue weighted by molar-refractivity contribution is 0.370. The fourth-order valence-corrected chi connectivity index (χ4v) is 1.51. The van der Waals surface area contributed by atoms with Crippen molar-refractivity contribution in [3.05, 3.63) is 29.9 Å². The Morgan fingerprint density at radius 2 is 2.38 bits per heavy atom. The highest BCUT2D eigenvalue weighted by Gasteiger charge is 2.18. The van der Waals surface area contributed by atoms with Crippen LogP contribution in [-0.4, -0.2) is 19.7 Å². The van der Waals surface area contributed by atoms with E-state index in [4.69, 9.17) is 10.3 Å². The number of hydrogen-bond donors (Lipinski definition) is 1. The van der Waals surface area contributed by atoms with Crippen molar-refractivity contribution < 1.29 is 4.52 Å². The van der Waals surface area contributed by atoms with Crippen molar-refractivity contribution in [2.75, 3.05) is 0 Å². The van der Waals surface area contributed by atoms with E-state index < -0.39 is 0 Å². The minimum atomic E-state index is -0.387. The Bertz CT molecular complexity index is 461. The van der Waals surface area contributed by atoms with Gasteiger partial charge >= 0.3 is 0 Å². The SMILES string of the molecule is CCCc1nc(C(N)c2cncn2C)no1. The van der Waals surface area contributed by atoms with Gasteiger partial charge in [0.05, 0.1) is 18.2 Å². The molecule has 6 heteroatoms. The molecule has 0 fully saturated rings. The molecule has 86 valence electrons. The molecule has 0 bridgehead atoms. The van der Waals surface area contributed by atoms with Gasteiger partial charge in [0.1, 0.15) is 6.04 Å². The van der Waals surface area contributed by atoms with E-state index in [9.17, 15) is 0 Å². The van der Waals surface area contributed by atoms with E-state index in [1.165, 1.54) is 0 Å². The molecule has 0 aromatic carbocycles. The lowest BCUT2D eigenvalue weighted by Gasteiger charge is -2.06. The van der Waals surface area contributed by atoms with Gasteiger partial charge in [0, 0.05) is 13.5 Å². The van der Waals surface area contributed by atoms with Crippen molar-refractivity contribution in [3.63, 3.8) is 0 Å². The van der Waals surface area contributed by atoms with E-state index in [1.54, 1.807) is 12.5 Å². The molecular formula is C10H15N5O. The van der Waals surface area contributed by atoms with Crippen molar-refractivity contribution in [1.29, 1.82) is 0 Å². The van der Waals surface area contributed by atoms with Crippen LogP contribution in [0.15, 0.2) is 17.0 Å². The van der Waals surface area contributed by atoms with Crippen molar-refractivity contribution in [3.8, 4) is 0 Å². The van der Waals surface area contributed by atoms with E-state index >= 15 is 0 Å². The number of imidazole rings is 1. The summed E-state index contributed by atoms with van der Waals surface area (Å²) >= 11 is 0. The Hall–Kier alpha value is -1.69. The molecule has 2 N–H and O–H groups in total. The normalized spacial score (nSPS) is 12.9. The van der Waals surface area contributed by atoms with Gasteiger partial charge in [-0.25, -0.2) is 4.98 Å². The number of rotatable bonds is 4. The standard InChI is InChI=1S/C10H15N5O/c1-3-4-8-13-10(14-16-8)9(11)7-5-12-6-15(7)2/h5-6,9H,3-4,11H2,1-2H3. The first kappa shape index (κ1) is 10.8. The highest BCUT2D eigenvalue weighted by Crippen LogP contribution is 2.15. The molecule has 2 heterocycles. The molecule has 0 spiro atoms. The molecule has 0 saturated carbocycles. The number of hydrogen-bond acceptors (Lipinski definition) is 5. The maximum atomic E-state index is 6.03. The largest absolute Gasteiger partial charge is 0.339 e. The van der Waals surface area contributed by atoms with Gasteiger partial charge in [0.15, 0.2) is 5.82 Å². The van der Waals surface area contributed by atoms with E-state index in [2.05, 4.69) is 22.0 Å². The zero-order valence-electron chi connectivity index (χ0n) is 9.42. The summed E-state index contributed by atoms with van der Waals surface area (Å²) in [7, 11) is 1.88. The number of nitrogens with zero attached hydrogens (tertiary/aromatic N) is 4. The second-order valence-electron chi connectivity index (χ2n) is 3.70. The summed E-state index contributed by atoms with van der Waals surface area (Å²) < 4.78 is 6.94. The van der Waals surface area contributed by atoms with Crippen molar-refractivity contribution >= 4 is 0 Å². The molecule has 0 aliphatic carbocycles. The van der Waals surface area contributed by atoms with E-state index in [0.29, 0.717) is 11.7 Å². The zero-order chi connectivity index (χ0) is 11.5. The van der Waals surface area contributed by atoms with Gasteiger partial charge in [0.2, 0.25) is 5.89 Å². The molecule has 1 unspecified atom stereocenters. The Kier molecular flexibility index (Phi) is 3.00. The summed E-state index contributed by atoms with van der Waals surface area (Å²) in [4.78, 5) is 8.26. The van der Waals surface area contributed by atoms with Crippen LogP contribution in [0.1, 0.15) is 36.8 Å². The van der Waals surface area contributed by atoms with Gasteiger partial charge in [0.25, 0.3) is 0 Å². The van der Waals surface area contributed by atoms with Crippen LogP contribution in [-0.2, 0) is 13.5 Å². The van der Waals surface area contributed by atoms with Crippen LogP contribution in [0.2, 0.25) is 0 Å². The third kappa shape index (κ3) is 1.96. The van der Waals surface area contributed by atoms with Gasteiger partial charge in [-0.05, 0) is 6.42 Å². The minimum absolute atomic E-state index is 0.387. The average Bonchev–Trinajstić information content (AvgIpc) is 2.87. The van der Waals surface area contributed by atoms with Crippen LogP contribution in [0.4, 0.5) is 0 Å². The number of aromatic nitrogens is 4. The lowest BCUT2D eigenvalue weighted by Crippen LogP contribution is -2.16. The zero-order valence-corrected chi connectivity index (χ0v) is 9.42. The van der Waals surface area contributed by atoms with Gasteiger partial charge in [-0.1, -0.05) is 12.1 Å². The second kappa shape index (κ2) is 4.44. The maximum absolute atomic E-state index is 6.03.